The highest BCUT2D eigenvalue weighted by Gasteiger charge is 2.79. The number of ether oxygens (including phenoxy) is 3. The van der Waals surface area contributed by atoms with E-state index in [0.717, 1.165) is 13.1 Å². The van der Waals surface area contributed by atoms with Crippen LogP contribution in [0.3, 0.4) is 0 Å². The molecule has 2 bridgehead atoms. The maximum atomic E-state index is 14.3. The number of aliphatic hydroxyl groups excluding tert-OH is 1. The van der Waals surface area contributed by atoms with Crippen molar-refractivity contribution in [3.63, 3.8) is 0 Å². The fourth-order valence-corrected chi connectivity index (χ4v) is 6.93. The molecule has 0 aliphatic carbocycles. The lowest BCUT2D eigenvalue weighted by molar-refractivity contribution is -0.161. The molecule has 1 N–H and O–H groups in total. The summed E-state index contributed by atoms with van der Waals surface area (Å²) in [5.74, 6) is -2.25. The number of hydrogen-bond donors (Lipinski definition) is 1. The first-order valence-corrected chi connectivity index (χ1v) is 13.9. The molecule has 0 aromatic carbocycles. The Kier molecular flexibility index (Phi) is 8.93. The first-order valence-electron chi connectivity index (χ1n) is 13.9. The van der Waals surface area contributed by atoms with Gasteiger partial charge in [-0.3, -0.25) is 19.3 Å². The van der Waals surface area contributed by atoms with Gasteiger partial charge in [-0.05, 0) is 39.0 Å². The zero-order valence-corrected chi connectivity index (χ0v) is 22.4. The molecule has 37 heavy (non-hydrogen) atoms. The predicted molar refractivity (Wildman–Crippen MR) is 136 cm³/mol. The highest BCUT2D eigenvalue weighted by molar-refractivity contribution is 5.98. The molecule has 4 saturated heterocycles. The van der Waals surface area contributed by atoms with Crippen molar-refractivity contribution in [1.29, 1.82) is 0 Å². The molecular formula is C27H43N3O7. The number of aliphatic hydroxyl groups is 1. The van der Waals surface area contributed by atoms with Crippen LogP contribution in [0.25, 0.3) is 0 Å². The van der Waals surface area contributed by atoms with Crippen LogP contribution in [0.5, 0.6) is 0 Å². The SMILES string of the molecule is C=CCN(CCN1CCOCC1)C(=O)C1N(CCCCO)C(=O)[C@@H]2[C@@H](C(=O)OCC)[C@@]3(CC)CCC12O3. The number of likely N-dealkylation sites (tertiary alicyclic amines) is 1. The summed E-state index contributed by atoms with van der Waals surface area (Å²) >= 11 is 0. The summed E-state index contributed by atoms with van der Waals surface area (Å²) in [5.41, 5.74) is -1.85. The lowest BCUT2D eigenvalue weighted by Gasteiger charge is -2.37. The van der Waals surface area contributed by atoms with E-state index < -0.39 is 35.0 Å². The monoisotopic (exact) mass is 521 g/mol. The molecule has 4 rings (SSSR count). The van der Waals surface area contributed by atoms with Crippen LogP contribution in [0.15, 0.2) is 12.7 Å². The van der Waals surface area contributed by atoms with Gasteiger partial charge in [0.15, 0.2) is 0 Å². The van der Waals surface area contributed by atoms with Gasteiger partial charge in [0, 0.05) is 45.9 Å². The van der Waals surface area contributed by atoms with Crippen LogP contribution < -0.4 is 0 Å². The van der Waals surface area contributed by atoms with Crippen LogP contribution >= 0.6 is 0 Å². The molecule has 4 aliphatic heterocycles. The summed E-state index contributed by atoms with van der Waals surface area (Å²) in [6.45, 7) is 12.7. The Bertz CT molecular complexity index is 863. The van der Waals surface area contributed by atoms with Gasteiger partial charge in [0.2, 0.25) is 11.8 Å². The van der Waals surface area contributed by atoms with Crippen LogP contribution in [0, 0.1) is 11.8 Å². The van der Waals surface area contributed by atoms with Crippen molar-refractivity contribution in [3.8, 4) is 0 Å². The molecule has 0 aromatic heterocycles. The van der Waals surface area contributed by atoms with E-state index in [-0.39, 0.29) is 25.0 Å². The van der Waals surface area contributed by atoms with E-state index in [1.165, 1.54) is 0 Å². The van der Waals surface area contributed by atoms with E-state index in [0.29, 0.717) is 71.5 Å². The zero-order valence-electron chi connectivity index (χ0n) is 22.4. The van der Waals surface area contributed by atoms with Gasteiger partial charge in [-0.25, -0.2) is 0 Å². The third-order valence-electron chi connectivity index (χ3n) is 8.71. The van der Waals surface area contributed by atoms with E-state index in [4.69, 9.17) is 14.2 Å². The van der Waals surface area contributed by atoms with Crippen LogP contribution in [0.1, 0.15) is 46.0 Å². The molecule has 4 fully saturated rings. The maximum Gasteiger partial charge on any atom is 0.312 e. The van der Waals surface area contributed by atoms with E-state index in [1.54, 1.807) is 22.8 Å². The minimum atomic E-state index is -1.06. The molecule has 2 unspecified atom stereocenters. The molecule has 2 amide bonds. The van der Waals surface area contributed by atoms with Gasteiger partial charge in [-0.2, -0.15) is 0 Å². The van der Waals surface area contributed by atoms with Crippen LogP contribution in [0.4, 0.5) is 0 Å². The van der Waals surface area contributed by atoms with Crippen molar-refractivity contribution >= 4 is 17.8 Å². The smallest absolute Gasteiger partial charge is 0.312 e. The van der Waals surface area contributed by atoms with Gasteiger partial charge in [-0.15, -0.1) is 6.58 Å². The summed E-state index contributed by atoms with van der Waals surface area (Å²) in [4.78, 5) is 47.2. The van der Waals surface area contributed by atoms with Gasteiger partial charge in [0.1, 0.15) is 17.6 Å². The topological polar surface area (TPSA) is 109 Å². The average molecular weight is 522 g/mol. The fraction of sp³-hybridized carbons (Fsp3) is 0.815. The number of carbonyl (C=O) groups excluding carboxylic acids is 3. The molecule has 10 heteroatoms. The Hall–Kier alpha value is -2.01. The fourth-order valence-electron chi connectivity index (χ4n) is 6.93. The highest BCUT2D eigenvalue weighted by atomic mass is 16.6. The zero-order chi connectivity index (χ0) is 26.6. The Balaban J connectivity index is 1.66. The molecule has 5 atom stereocenters. The first kappa shape index (κ1) is 28.0. The Morgan fingerprint density at radius 2 is 1.97 bits per heavy atom. The highest BCUT2D eigenvalue weighted by Crippen LogP contribution is 2.64. The van der Waals surface area contributed by atoms with Crippen LogP contribution in [0.2, 0.25) is 0 Å². The molecule has 0 aromatic rings. The summed E-state index contributed by atoms with van der Waals surface area (Å²) in [6.07, 6.45) is 4.53. The van der Waals surface area contributed by atoms with Gasteiger partial charge in [-0.1, -0.05) is 13.0 Å². The van der Waals surface area contributed by atoms with Crippen LogP contribution in [-0.2, 0) is 28.6 Å². The second kappa shape index (κ2) is 11.8. The number of fused-ring (bicyclic) bond motifs is 1. The largest absolute Gasteiger partial charge is 0.466 e. The molecule has 4 heterocycles. The van der Waals surface area contributed by atoms with Gasteiger partial charge in [0.25, 0.3) is 0 Å². The molecular weight excluding hydrogens is 478 g/mol. The minimum absolute atomic E-state index is 0.0122. The number of unbranched alkanes of at least 4 members (excludes halogenated alkanes) is 1. The molecule has 0 saturated carbocycles. The predicted octanol–water partition coefficient (Wildman–Crippen LogP) is 0.824. The summed E-state index contributed by atoms with van der Waals surface area (Å²) < 4.78 is 17.6. The second-order valence-corrected chi connectivity index (χ2v) is 10.6. The minimum Gasteiger partial charge on any atom is -0.466 e. The van der Waals surface area contributed by atoms with E-state index in [1.807, 2.05) is 6.92 Å². The molecule has 4 aliphatic rings. The summed E-state index contributed by atoms with van der Waals surface area (Å²) in [6, 6.07) is -0.818. The number of nitrogens with zero attached hydrogens (tertiary/aromatic N) is 3. The van der Waals surface area contributed by atoms with E-state index >= 15 is 0 Å². The molecule has 10 nitrogen and oxygen atoms in total. The first-order chi connectivity index (χ1) is 17.9. The Morgan fingerprint density at radius 3 is 2.62 bits per heavy atom. The third-order valence-corrected chi connectivity index (χ3v) is 8.71. The maximum absolute atomic E-state index is 14.3. The van der Waals surface area contributed by atoms with E-state index in [2.05, 4.69) is 11.5 Å². The Labute approximate surface area is 219 Å². The second-order valence-electron chi connectivity index (χ2n) is 10.6. The molecule has 208 valence electrons. The number of carbonyl (C=O) groups is 3. The van der Waals surface area contributed by atoms with Gasteiger partial charge in [0.05, 0.1) is 31.3 Å². The molecule has 0 radical (unpaired) electrons. The van der Waals surface area contributed by atoms with Crippen molar-refractivity contribution in [2.45, 2.75) is 63.2 Å². The van der Waals surface area contributed by atoms with Gasteiger partial charge < -0.3 is 29.1 Å². The van der Waals surface area contributed by atoms with Crippen molar-refractivity contribution in [3.05, 3.63) is 12.7 Å². The number of morpholine rings is 1. The summed E-state index contributed by atoms with van der Waals surface area (Å²) in [5, 5.41) is 9.35. The normalized spacial score (nSPS) is 33.0. The van der Waals surface area contributed by atoms with Crippen molar-refractivity contribution in [2.24, 2.45) is 11.8 Å². The third kappa shape index (κ3) is 4.93. The Morgan fingerprint density at radius 1 is 1.22 bits per heavy atom. The number of esters is 1. The number of rotatable bonds is 13. The quantitative estimate of drug-likeness (QED) is 0.216. The van der Waals surface area contributed by atoms with E-state index in [9.17, 15) is 19.5 Å². The van der Waals surface area contributed by atoms with Gasteiger partial charge >= 0.3 is 5.97 Å². The number of amides is 2. The van der Waals surface area contributed by atoms with Crippen molar-refractivity contribution in [2.75, 3.05) is 65.7 Å². The molecule has 1 spiro atoms. The lowest BCUT2D eigenvalue weighted by atomic mass is 9.65. The van der Waals surface area contributed by atoms with Crippen molar-refractivity contribution in [1.82, 2.24) is 14.7 Å². The van der Waals surface area contributed by atoms with Crippen LogP contribution in [-0.4, -0.2) is 121 Å². The average Bonchev–Trinajstić information content (AvgIpc) is 3.51. The van der Waals surface area contributed by atoms with Crippen molar-refractivity contribution < 1.29 is 33.7 Å². The standard InChI is InChI=1S/C27H43N3O7/c1-4-11-29(14-13-28-15-18-35-19-16-28)24(33)22-27-10-9-26(5-2,37-27)21(25(34)36-6-3)20(27)23(32)30(22)12-7-8-17-31/h4,20-22,31H,1,5-19H2,2-3H3/t20-,21-,22?,26+,27?/m0/s1. The lowest BCUT2D eigenvalue weighted by Crippen LogP contribution is -2.57. The number of hydrogen-bond acceptors (Lipinski definition) is 8. The summed E-state index contributed by atoms with van der Waals surface area (Å²) in [7, 11) is 0.